The lowest BCUT2D eigenvalue weighted by Gasteiger charge is -2.22. The van der Waals surface area contributed by atoms with Crippen LogP contribution in [-0.4, -0.2) is 39.1 Å². The first-order chi connectivity index (χ1) is 14.2. The van der Waals surface area contributed by atoms with E-state index in [9.17, 15) is 24.5 Å². The van der Waals surface area contributed by atoms with Crippen molar-refractivity contribution in [1.82, 2.24) is 15.2 Å². The Morgan fingerprint density at radius 1 is 1.13 bits per heavy atom. The Balaban J connectivity index is 1.62. The lowest BCUT2D eigenvalue weighted by atomic mass is 9.92. The van der Waals surface area contributed by atoms with Gasteiger partial charge in [-0.1, -0.05) is 18.2 Å². The van der Waals surface area contributed by atoms with Crippen molar-refractivity contribution in [2.45, 2.75) is 19.4 Å². The molecule has 2 heterocycles. The summed E-state index contributed by atoms with van der Waals surface area (Å²) >= 11 is 0. The van der Waals surface area contributed by atoms with Crippen LogP contribution in [0.2, 0.25) is 0 Å². The second-order valence-electron chi connectivity index (χ2n) is 7.34. The number of nitro groups is 1. The number of carbonyl (C=O) groups excluding carboxylic acids is 3. The number of hydrogen-bond donors (Lipinski definition) is 2. The average molecular weight is 406 g/mol. The molecule has 2 N–H and O–H groups in total. The summed E-state index contributed by atoms with van der Waals surface area (Å²) < 4.78 is 0. The lowest BCUT2D eigenvalue weighted by Crippen LogP contribution is -2.41. The SMILES string of the molecule is Cc1[nH]c2ccccc2c1C(=O)CN1C(=O)NC(C)(c2ccc([N+](=O)[O-])cc2)C1=O. The summed E-state index contributed by atoms with van der Waals surface area (Å²) in [5.41, 5.74) is 0.750. The number of Topliss-reactive ketones (excluding diaryl/α,β-unsaturated/α-hetero) is 1. The fourth-order valence-corrected chi connectivity index (χ4v) is 3.81. The van der Waals surface area contributed by atoms with Crippen LogP contribution in [0.4, 0.5) is 10.5 Å². The molecule has 1 aromatic heterocycles. The molecule has 9 heteroatoms. The van der Waals surface area contributed by atoms with Crippen LogP contribution in [0.5, 0.6) is 0 Å². The second-order valence-corrected chi connectivity index (χ2v) is 7.34. The summed E-state index contributed by atoms with van der Waals surface area (Å²) in [4.78, 5) is 52.9. The van der Waals surface area contributed by atoms with Gasteiger partial charge in [0, 0.05) is 34.3 Å². The van der Waals surface area contributed by atoms with Gasteiger partial charge in [0.15, 0.2) is 5.78 Å². The van der Waals surface area contributed by atoms with Gasteiger partial charge in [0.2, 0.25) is 0 Å². The predicted molar refractivity (Wildman–Crippen MR) is 108 cm³/mol. The van der Waals surface area contributed by atoms with E-state index in [0.29, 0.717) is 16.8 Å². The monoisotopic (exact) mass is 406 g/mol. The molecule has 0 radical (unpaired) electrons. The summed E-state index contributed by atoms with van der Waals surface area (Å²) in [5, 5.41) is 14.2. The zero-order chi connectivity index (χ0) is 21.6. The third-order valence-corrected chi connectivity index (χ3v) is 5.40. The van der Waals surface area contributed by atoms with Crippen LogP contribution < -0.4 is 5.32 Å². The number of carbonyl (C=O) groups is 3. The molecule has 0 saturated carbocycles. The molecule has 3 amide bonds. The number of ketones is 1. The largest absolute Gasteiger partial charge is 0.358 e. The summed E-state index contributed by atoms with van der Waals surface area (Å²) in [5.74, 6) is -0.950. The maximum atomic E-state index is 13.1. The van der Waals surface area contributed by atoms with E-state index in [1.54, 1.807) is 13.0 Å². The number of H-pyrrole nitrogens is 1. The second kappa shape index (κ2) is 6.80. The minimum atomic E-state index is -1.41. The number of para-hydroxylation sites is 1. The highest BCUT2D eigenvalue weighted by atomic mass is 16.6. The number of nitrogens with zero attached hydrogens (tertiary/aromatic N) is 2. The first-order valence-corrected chi connectivity index (χ1v) is 9.22. The van der Waals surface area contributed by atoms with E-state index in [2.05, 4.69) is 10.3 Å². The van der Waals surface area contributed by atoms with Gasteiger partial charge in [0.1, 0.15) is 5.54 Å². The number of non-ortho nitro benzene ring substituents is 1. The van der Waals surface area contributed by atoms with Gasteiger partial charge >= 0.3 is 6.03 Å². The number of nitro benzene ring substituents is 1. The minimum Gasteiger partial charge on any atom is -0.358 e. The molecule has 4 rings (SSSR count). The highest BCUT2D eigenvalue weighted by Crippen LogP contribution is 2.31. The molecule has 0 aliphatic carbocycles. The van der Waals surface area contributed by atoms with Gasteiger partial charge in [-0.15, -0.1) is 0 Å². The van der Waals surface area contributed by atoms with Crippen LogP contribution in [0.1, 0.15) is 28.5 Å². The Hall–Kier alpha value is -4.01. The molecular formula is C21H18N4O5. The Morgan fingerprint density at radius 3 is 2.47 bits per heavy atom. The van der Waals surface area contributed by atoms with Crippen molar-refractivity contribution in [3.05, 3.63) is 75.5 Å². The fraction of sp³-hybridized carbons (Fsp3) is 0.190. The van der Waals surface area contributed by atoms with E-state index in [-0.39, 0.29) is 11.5 Å². The summed E-state index contributed by atoms with van der Waals surface area (Å²) in [6.45, 7) is 2.87. The number of imide groups is 1. The molecule has 0 spiro atoms. The van der Waals surface area contributed by atoms with Crippen LogP contribution in [0, 0.1) is 17.0 Å². The molecule has 3 aromatic rings. The van der Waals surface area contributed by atoms with Gasteiger partial charge in [0.25, 0.3) is 11.6 Å². The Kier molecular flexibility index (Phi) is 4.38. The van der Waals surface area contributed by atoms with Crippen LogP contribution in [0.3, 0.4) is 0 Å². The first-order valence-electron chi connectivity index (χ1n) is 9.22. The molecule has 1 aliphatic heterocycles. The number of hydrogen-bond acceptors (Lipinski definition) is 5. The molecule has 0 bridgehead atoms. The van der Waals surface area contributed by atoms with Crippen LogP contribution in [0.25, 0.3) is 10.9 Å². The van der Waals surface area contributed by atoms with Crippen molar-refractivity contribution >= 4 is 34.3 Å². The number of fused-ring (bicyclic) bond motifs is 1. The van der Waals surface area contributed by atoms with Crippen molar-refractivity contribution < 1.29 is 19.3 Å². The molecular weight excluding hydrogens is 388 g/mol. The zero-order valence-electron chi connectivity index (χ0n) is 16.3. The van der Waals surface area contributed by atoms with Gasteiger partial charge < -0.3 is 10.3 Å². The molecule has 30 heavy (non-hydrogen) atoms. The third-order valence-electron chi connectivity index (χ3n) is 5.40. The quantitative estimate of drug-likeness (QED) is 0.292. The van der Waals surface area contributed by atoms with Crippen molar-refractivity contribution in [2.75, 3.05) is 6.54 Å². The van der Waals surface area contributed by atoms with Gasteiger partial charge in [-0.05, 0) is 37.6 Å². The standard InChI is InChI=1S/C21H18N4O5/c1-12-18(15-5-3-4-6-16(15)22-12)17(26)11-24-19(27)21(2,23-20(24)28)13-7-9-14(10-8-13)25(29)30/h3-10,22H,11H2,1-2H3,(H,23,28). The molecule has 2 aromatic carbocycles. The summed E-state index contributed by atoms with van der Waals surface area (Å²) in [6.07, 6.45) is 0. The van der Waals surface area contributed by atoms with E-state index >= 15 is 0 Å². The van der Waals surface area contributed by atoms with Crippen molar-refractivity contribution in [1.29, 1.82) is 0 Å². The Bertz CT molecular complexity index is 1210. The molecule has 1 aliphatic rings. The molecule has 1 unspecified atom stereocenters. The predicted octanol–water partition coefficient (Wildman–Crippen LogP) is 3.03. The summed E-state index contributed by atoms with van der Waals surface area (Å²) in [6, 6.07) is 12.0. The van der Waals surface area contributed by atoms with Gasteiger partial charge in [-0.3, -0.25) is 24.6 Å². The topological polar surface area (TPSA) is 125 Å². The third kappa shape index (κ3) is 2.91. The highest BCUT2D eigenvalue weighted by molar-refractivity contribution is 6.15. The Labute approximate surface area is 170 Å². The molecule has 1 atom stereocenters. The number of aryl methyl sites for hydroxylation is 1. The number of aromatic nitrogens is 1. The number of aromatic amines is 1. The van der Waals surface area contributed by atoms with E-state index < -0.39 is 28.9 Å². The first kappa shape index (κ1) is 19.3. The van der Waals surface area contributed by atoms with Crippen LogP contribution >= 0.6 is 0 Å². The Morgan fingerprint density at radius 2 is 1.80 bits per heavy atom. The minimum absolute atomic E-state index is 0.124. The van der Waals surface area contributed by atoms with Crippen molar-refractivity contribution in [2.24, 2.45) is 0 Å². The van der Waals surface area contributed by atoms with Gasteiger partial charge in [-0.25, -0.2) is 4.79 Å². The number of benzene rings is 2. The number of nitrogens with one attached hydrogen (secondary N) is 2. The summed E-state index contributed by atoms with van der Waals surface area (Å²) in [7, 11) is 0. The molecule has 9 nitrogen and oxygen atoms in total. The van der Waals surface area contributed by atoms with Crippen molar-refractivity contribution in [3.8, 4) is 0 Å². The van der Waals surface area contributed by atoms with Crippen LogP contribution in [-0.2, 0) is 10.3 Å². The normalized spacial score (nSPS) is 18.7. The number of rotatable bonds is 5. The maximum Gasteiger partial charge on any atom is 0.325 e. The van der Waals surface area contributed by atoms with E-state index in [1.807, 2.05) is 18.2 Å². The van der Waals surface area contributed by atoms with Gasteiger partial charge in [0.05, 0.1) is 11.5 Å². The fourth-order valence-electron chi connectivity index (χ4n) is 3.81. The molecule has 152 valence electrons. The van der Waals surface area contributed by atoms with Crippen LogP contribution in [0.15, 0.2) is 48.5 Å². The van der Waals surface area contributed by atoms with E-state index in [0.717, 1.165) is 15.8 Å². The smallest absolute Gasteiger partial charge is 0.325 e. The van der Waals surface area contributed by atoms with Crippen molar-refractivity contribution in [3.63, 3.8) is 0 Å². The zero-order valence-corrected chi connectivity index (χ0v) is 16.3. The lowest BCUT2D eigenvalue weighted by molar-refractivity contribution is -0.384. The number of urea groups is 1. The molecule has 1 saturated heterocycles. The average Bonchev–Trinajstić information content (AvgIpc) is 3.16. The van der Waals surface area contributed by atoms with E-state index in [4.69, 9.17) is 0 Å². The molecule has 1 fully saturated rings. The van der Waals surface area contributed by atoms with Gasteiger partial charge in [-0.2, -0.15) is 0 Å². The number of amides is 3. The maximum absolute atomic E-state index is 13.1. The van der Waals surface area contributed by atoms with E-state index in [1.165, 1.54) is 31.2 Å². The highest BCUT2D eigenvalue weighted by Gasteiger charge is 2.49.